The Labute approximate surface area is 307 Å². The zero-order chi connectivity index (χ0) is 36.9. The molecule has 0 aliphatic heterocycles. The molecule has 3 N–H and O–H groups in total. The van der Waals surface area contributed by atoms with Crippen molar-refractivity contribution in [2.75, 3.05) is 38.6 Å². The highest BCUT2D eigenvalue weighted by molar-refractivity contribution is 8.00. The summed E-state index contributed by atoms with van der Waals surface area (Å²) in [5, 5.41) is 8.07. The molecular formula is C41H39N3O7S. The van der Waals surface area contributed by atoms with Crippen molar-refractivity contribution in [2.45, 2.75) is 17.1 Å². The highest BCUT2D eigenvalue weighted by Gasteiger charge is 2.23. The molecule has 11 heteroatoms. The highest BCUT2D eigenvalue weighted by Crippen LogP contribution is 2.39. The van der Waals surface area contributed by atoms with Gasteiger partial charge >= 0.3 is 0 Å². The van der Waals surface area contributed by atoms with Crippen LogP contribution in [0.25, 0.3) is 6.08 Å². The van der Waals surface area contributed by atoms with E-state index in [0.29, 0.717) is 46.4 Å². The average molecular weight is 718 g/mol. The molecule has 0 spiro atoms. The SMILES string of the molecule is CCOc1ccc(NC(=O)C(Sc2ccc(NC(=O)/C(=C/c3cc(OC)c(OC)c(OC)c3)NC(=O)c3ccccc3)cc2)c2ccccc2)cc1. The molecule has 3 amide bonds. The lowest BCUT2D eigenvalue weighted by Crippen LogP contribution is -2.30. The Hall–Kier alpha value is -6.20. The topological polar surface area (TPSA) is 124 Å². The molecule has 1 unspecified atom stereocenters. The molecule has 0 saturated heterocycles. The van der Waals surface area contributed by atoms with Gasteiger partial charge in [0.25, 0.3) is 11.8 Å². The zero-order valence-electron chi connectivity index (χ0n) is 29.2. The summed E-state index contributed by atoms with van der Waals surface area (Å²) < 4.78 is 21.9. The normalized spacial score (nSPS) is 11.5. The van der Waals surface area contributed by atoms with E-state index in [-0.39, 0.29) is 11.6 Å². The van der Waals surface area contributed by atoms with Crippen molar-refractivity contribution < 1.29 is 33.3 Å². The van der Waals surface area contributed by atoms with Crippen LogP contribution in [0.3, 0.4) is 0 Å². The number of amides is 3. The number of thioether (sulfide) groups is 1. The summed E-state index contributed by atoms with van der Waals surface area (Å²) in [6.07, 6.45) is 1.53. The molecule has 0 aliphatic carbocycles. The lowest BCUT2D eigenvalue weighted by atomic mass is 10.1. The molecular weight excluding hydrogens is 679 g/mol. The molecule has 0 bridgehead atoms. The minimum Gasteiger partial charge on any atom is -0.494 e. The zero-order valence-corrected chi connectivity index (χ0v) is 30.0. The highest BCUT2D eigenvalue weighted by atomic mass is 32.2. The van der Waals surface area contributed by atoms with Crippen LogP contribution < -0.4 is 34.9 Å². The van der Waals surface area contributed by atoms with Crippen molar-refractivity contribution in [3.63, 3.8) is 0 Å². The quantitative estimate of drug-likeness (QED) is 0.0736. The minimum absolute atomic E-state index is 0.0170. The van der Waals surface area contributed by atoms with E-state index in [1.165, 1.54) is 39.2 Å². The van der Waals surface area contributed by atoms with Gasteiger partial charge in [0.2, 0.25) is 11.7 Å². The number of nitrogens with one attached hydrogen (secondary N) is 3. The van der Waals surface area contributed by atoms with E-state index in [9.17, 15) is 14.4 Å². The number of carbonyl (C=O) groups is 3. The summed E-state index contributed by atoms with van der Waals surface area (Å²) in [7, 11) is 4.49. The average Bonchev–Trinajstić information content (AvgIpc) is 3.18. The Morgan fingerprint density at radius 2 is 1.29 bits per heavy atom. The van der Waals surface area contributed by atoms with Crippen LogP contribution >= 0.6 is 11.8 Å². The van der Waals surface area contributed by atoms with E-state index >= 15 is 0 Å². The van der Waals surface area contributed by atoms with E-state index in [4.69, 9.17) is 18.9 Å². The third kappa shape index (κ3) is 9.73. The second kappa shape index (κ2) is 18.2. The largest absolute Gasteiger partial charge is 0.494 e. The first-order valence-electron chi connectivity index (χ1n) is 16.4. The van der Waals surface area contributed by atoms with Gasteiger partial charge < -0.3 is 34.9 Å². The maximum Gasteiger partial charge on any atom is 0.272 e. The van der Waals surface area contributed by atoms with Gasteiger partial charge in [0.1, 0.15) is 16.7 Å². The maximum absolute atomic E-state index is 13.7. The molecule has 0 saturated carbocycles. The van der Waals surface area contributed by atoms with Crippen molar-refractivity contribution in [2.24, 2.45) is 0 Å². The summed E-state index contributed by atoms with van der Waals surface area (Å²) in [6.45, 7) is 2.47. The number of ether oxygens (including phenoxy) is 4. The second-order valence-electron chi connectivity index (χ2n) is 11.2. The van der Waals surface area contributed by atoms with E-state index in [2.05, 4.69) is 16.0 Å². The number of carbonyl (C=O) groups excluding carboxylic acids is 3. The Morgan fingerprint density at radius 1 is 0.712 bits per heavy atom. The first kappa shape index (κ1) is 37.1. The smallest absolute Gasteiger partial charge is 0.272 e. The van der Waals surface area contributed by atoms with Gasteiger partial charge in [-0.05, 0) is 96.9 Å². The fourth-order valence-electron chi connectivity index (χ4n) is 5.15. The molecule has 1 atom stereocenters. The van der Waals surface area contributed by atoms with Gasteiger partial charge in [0.05, 0.1) is 27.9 Å². The lowest BCUT2D eigenvalue weighted by Gasteiger charge is -2.18. The number of methoxy groups -OCH3 is 3. The van der Waals surface area contributed by atoms with Crippen LogP contribution in [0.1, 0.15) is 33.7 Å². The first-order valence-corrected chi connectivity index (χ1v) is 17.2. The number of hydrogen-bond donors (Lipinski definition) is 3. The molecule has 0 aliphatic rings. The maximum atomic E-state index is 13.7. The van der Waals surface area contributed by atoms with Crippen molar-refractivity contribution in [1.29, 1.82) is 0 Å². The summed E-state index contributed by atoms with van der Waals surface area (Å²) in [6, 6.07) is 35.8. The molecule has 10 nitrogen and oxygen atoms in total. The molecule has 5 rings (SSSR count). The Balaban J connectivity index is 1.36. The number of hydrogen-bond acceptors (Lipinski definition) is 8. The van der Waals surface area contributed by atoms with Crippen molar-refractivity contribution in [3.8, 4) is 23.0 Å². The summed E-state index contributed by atoms with van der Waals surface area (Å²) in [5.41, 5.74) is 2.86. The van der Waals surface area contributed by atoms with Crippen LogP contribution in [0.5, 0.6) is 23.0 Å². The number of anilines is 2. The third-order valence-electron chi connectivity index (χ3n) is 7.67. The van der Waals surface area contributed by atoms with Crippen LogP contribution in [0.4, 0.5) is 11.4 Å². The Morgan fingerprint density at radius 3 is 1.87 bits per heavy atom. The molecule has 0 fully saturated rings. The van der Waals surface area contributed by atoms with Gasteiger partial charge in [-0.15, -0.1) is 11.8 Å². The molecule has 5 aromatic carbocycles. The predicted molar refractivity (Wildman–Crippen MR) is 204 cm³/mol. The fourth-order valence-corrected chi connectivity index (χ4v) is 6.18. The van der Waals surface area contributed by atoms with E-state index < -0.39 is 17.1 Å². The molecule has 0 heterocycles. The van der Waals surface area contributed by atoms with Gasteiger partial charge in [0.15, 0.2) is 11.5 Å². The monoisotopic (exact) mass is 717 g/mol. The number of rotatable bonds is 15. The fraction of sp³-hybridized carbons (Fsp3) is 0.146. The summed E-state index contributed by atoms with van der Waals surface area (Å²) >= 11 is 1.38. The van der Waals surface area contributed by atoms with Gasteiger partial charge in [-0.25, -0.2) is 0 Å². The number of benzene rings is 5. The van der Waals surface area contributed by atoms with Crippen LogP contribution in [0.15, 0.2) is 132 Å². The third-order valence-corrected chi connectivity index (χ3v) is 8.93. The predicted octanol–water partition coefficient (Wildman–Crippen LogP) is 7.99. The molecule has 52 heavy (non-hydrogen) atoms. The van der Waals surface area contributed by atoms with Crippen LogP contribution in [0, 0.1) is 0 Å². The summed E-state index contributed by atoms with van der Waals surface area (Å²) in [4.78, 5) is 41.3. The van der Waals surface area contributed by atoms with Gasteiger partial charge in [-0.3, -0.25) is 14.4 Å². The molecule has 266 valence electrons. The van der Waals surface area contributed by atoms with Gasteiger partial charge in [-0.1, -0.05) is 48.5 Å². The van der Waals surface area contributed by atoms with Crippen molar-refractivity contribution in [3.05, 3.63) is 144 Å². The minimum atomic E-state index is -0.561. The van der Waals surface area contributed by atoms with Crippen molar-refractivity contribution >= 4 is 46.9 Å². The molecule has 0 aromatic heterocycles. The van der Waals surface area contributed by atoms with E-state index in [0.717, 1.165) is 16.2 Å². The molecule has 5 aromatic rings. The molecule has 0 radical (unpaired) electrons. The summed E-state index contributed by atoms with van der Waals surface area (Å²) in [5.74, 6) is 0.682. The van der Waals surface area contributed by atoms with Gasteiger partial charge in [0, 0.05) is 21.8 Å². The second-order valence-corrected chi connectivity index (χ2v) is 12.3. The Bertz CT molecular complexity index is 1980. The van der Waals surface area contributed by atoms with Crippen LogP contribution in [-0.4, -0.2) is 45.7 Å². The Kier molecular flexibility index (Phi) is 12.9. The standard InChI is InChI=1S/C41H39N3O7S/c1-5-51-32-20-16-30(17-21-32)43-41(47)38(28-12-8-6-9-13-28)52-33-22-18-31(19-23-33)42-40(46)34(44-39(45)29-14-10-7-11-15-29)24-27-25-35(48-2)37(50-4)36(26-27)49-3/h6-26,38H,5H2,1-4H3,(H,42,46)(H,43,47)(H,44,45)/b34-24-. The van der Waals surface area contributed by atoms with Crippen LogP contribution in [0.2, 0.25) is 0 Å². The van der Waals surface area contributed by atoms with E-state index in [1.54, 1.807) is 66.7 Å². The van der Waals surface area contributed by atoms with Gasteiger partial charge in [-0.2, -0.15) is 0 Å². The van der Waals surface area contributed by atoms with E-state index in [1.807, 2.05) is 61.5 Å². The van der Waals surface area contributed by atoms with Crippen molar-refractivity contribution in [1.82, 2.24) is 5.32 Å². The van der Waals surface area contributed by atoms with Crippen LogP contribution in [-0.2, 0) is 9.59 Å². The lowest BCUT2D eigenvalue weighted by molar-refractivity contribution is -0.116. The first-order chi connectivity index (χ1) is 25.3.